The van der Waals surface area contributed by atoms with Crippen molar-refractivity contribution in [1.29, 1.82) is 0 Å². The smallest absolute Gasteiger partial charge is 0.125 e. The average molecular weight is 296 g/mol. The van der Waals surface area contributed by atoms with Crippen LogP contribution in [0.25, 0.3) is 0 Å². The fourth-order valence-electron chi connectivity index (χ4n) is 2.54. The lowest BCUT2D eigenvalue weighted by atomic mass is 10.1. The molecule has 2 aromatic rings. The molecule has 0 atom stereocenters. The van der Waals surface area contributed by atoms with Crippen molar-refractivity contribution in [2.45, 2.75) is 41.0 Å². The van der Waals surface area contributed by atoms with E-state index in [0.29, 0.717) is 0 Å². The Bertz CT molecular complexity index is 647. The Morgan fingerprint density at radius 1 is 0.773 bits per heavy atom. The van der Waals surface area contributed by atoms with Crippen LogP contribution in [-0.2, 0) is 0 Å². The van der Waals surface area contributed by atoms with Crippen LogP contribution in [0.3, 0.4) is 0 Å². The number of rotatable bonds is 5. The number of aryl methyl sites for hydroxylation is 4. The zero-order valence-corrected chi connectivity index (χ0v) is 14.1. The molecule has 2 rings (SSSR count). The van der Waals surface area contributed by atoms with E-state index in [2.05, 4.69) is 37.1 Å². The highest BCUT2D eigenvalue weighted by Crippen LogP contribution is 2.30. The molecule has 0 bridgehead atoms. The monoisotopic (exact) mass is 296 g/mol. The minimum absolute atomic E-state index is 0.741. The van der Waals surface area contributed by atoms with Gasteiger partial charge in [0.25, 0.3) is 0 Å². The van der Waals surface area contributed by atoms with Crippen molar-refractivity contribution in [3.05, 3.63) is 52.6 Å². The highest BCUT2D eigenvalue weighted by Gasteiger charge is 2.06. The fourth-order valence-corrected chi connectivity index (χ4v) is 2.54. The number of azo groups is 1. The first-order valence-electron chi connectivity index (χ1n) is 7.73. The summed E-state index contributed by atoms with van der Waals surface area (Å²) in [5.41, 5.74) is 6.34. The van der Waals surface area contributed by atoms with Gasteiger partial charge >= 0.3 is 0 Å². The summed E-state index contributed by atoms with van der Waals surface area (Å²) in [4.78, 5) is 0. The number of ether oxygens (including phenoxy) is 1. The van der Waals surface area contributed by atoms with Crippen LogP contribution in [0.4, 0.5) is 11.4 Å². The average Bonchev–Trinajstić information content (AvgIpc) is 2.43. The Balaban J connectivity index is 2.24. The highest BCUT2D eigenvalue weighted by molar-refractivity contribution is 5.52. The van der Waals surface area contributed by atoms with Crippen LogP contribution >= 0.6 is 0 Å². The largest absolute Gasteiger partial charge is 0.493 e. The van der Waals surface area contributed by atoms with E-state index < -0.39 is 0 Å². The van der Waals surface area contributed by atoms with Crippen LogP contribution in [0.1, 0.15) is 35.6 Å². The zero-order valence-electron chi connectivity index (χ0n) is 14.1. The maximum atomic E-state index is 5.79. The van der Waals surface area contributed by atoms with Gasteiger partial charge in [0.15, 0.2) is 0 Å². The van der Waals surface area contributed by atoms with E-state index in [9.17, 15) is 0 Å². The summed E-state index contributed by atoms with van der Waals surface area (Å²) in [7, 11) is 0. The van der Waals surface area contributed by atoms with Crippen molar-refractivity contribution in [2.75, 3.05) is 6.61 Å². The molecule has 0 radical (unpaired) electrons. The van der Waals surface area contributed by atoms with Gasteiger partial charge in [-0.25, -0.2) is 0 Å². The van der Waals surface area contributed by atoms with E-state index in [1.807, 2.05) is 38.1 Å². The molecular weight excluding hydrogens is 272 g/mol. The van der Waals surface area contributed by atoms with Crippen molar-refractivity contribution in [2.24, 2.45) is 10.2 Å². The first kappa shape index (κ1) is 16.2. The molecule has 0 N–H and O–H groups in total. The molecule has 0 saturated carbocycles. The van der Waals surface area contributed by atoms with Gasteiger partial charge in [-0.3, -0.25) is 0 Å². The first-order chi connectivity index (χ1) is 10.5. The molecule has 0 saturated heterocycles. The molecule has 0 fully saturated rings. The van der Waals surface area contributed by atoms with E-state index in [-0.39, 0.29) is 0 Å². The molecule has 0 aliphatic rings. The second kappa shape index (κ2) is 7.21. The van der Waals surface area contributed by atoms with E-state index in [1.54, 1.807) is 0 Å². The molecule has 0 unspecified atom stereocenters. The van der Waals surface area contributed by atoms with E-state index in [0.717, 1.165) is 41.3 Å². The van der Waals surface area contributed by atoms with E-state index in [4.69, 9.17) is 4.74 Å². The minimum Gasteiger partial charge on any atom is -0.493 e. The van der Waals surface area contributed by atoms with Gasteiger partial charge in [-0.05, 0) is 80.6 Å². The SMILES string of the molecule is CCCOc1c(C)cc(N=Nc2cc(C)cc(C)c2)cc1C. The van der Waals surface area contributed by atoms with Gasteiger partial charge in [-0.1, -0.05) is 13.0 Å². The standard InChI is InChI=1S/C19H24N2O/c1-6-7-22-19-15(4)11-18(12-16(19)5)21-20-17-9-13(2)8-14(3)10-17/h8-12H,6-7H2,1-5H3. The Morgan fingerprint density at radius 3 is 1.77 bits per heavy atom. The van der Waals surface area contributed by atoms with E-state index in [1.165, 1.54) is 11.1 Å². The third-order valence-electron chi connectivity index (χ3n) is 3.38. The molecule has 0 aliphatic carbocycles. The molecule has 116 valence electrons. The Labute approximate surface area is 133 Å². The molecule has 0 aliphatic heterocycles. The minimum atomic E-state index is 0.741. The van der Waals surface area contributed by atoms with Crippen molar-refractivity contribution < 1.29 is 4.74 Å². The van der Waals surface area contributed by atoms with Crippen LogP contribution in [0, 0.1) is 27.7 Å². The van der Waals surface area contributed by atoms with Crippen molar-refractivity contribution >= 4 is 11.4 Å². The summed E-state index contributed by atoms with van der Waals surface area (Å²) in [5, 5.41) is 8.73. The third-order valence-corrected chi connectivity index (χ3v) is 3.38. The molecule has 0 heterocycles. The van der Waals surface area contributed by atoms with E-state index >= 15 is 0 Å². The van der Waals surface area contributed by atoms with Crippen molar-refractivity contribution in [1.82, 2.24) is 0 Å². The second-order valence-corrected chi connectivity index (χ2v) is 5.80. The van der Waals surface area contributed by atoms with Crippen LogP contribution in [0.2, 0.25) is 0 Å². The van der Waals surface area contributed by atoms with Crippen LogP contribution in [0.15, 0.2) is 40.6 Å². The molecule has 0 spiro atoms. The fraction of sp³-hybridized carbons (Fsp3) is 0.368. The maximum Gasteiger partial charge on any atom is 0.125 e. The van der Waals surface area contributed by atoms with Crippen LogP contribution in [0.5, 0.6) is 5.75 Å². The molecule has 22 heavy (non-hydrogen) atoms. The summed E-state index contributed by atoms with van der Waals surface area (Å²) in [6.45, 7) is 11.1. The molecular formula is C19H24N2O. The Hall–Kier alpha value is -2.16. The van der Waals surface area contributed by atoms with Gasteiger partial charge in [0.05, 0.1) is 18.0 Å². The quantitative estimate of drug-likeness (QED) is 0.611. The summed E-state index contributed by atoms with van der Waals surface area (Å²) in [6.07, 6.45) is 1.01. The number of benzene rings is 2. The van der Waals surface area contributed by atoms with Gasteiger partial charge in [0.1, 0.15) is 5.75 Å². The Kier molecular flexibility index (Phi) is 5.31. The van der Waals surface area contributed by atoms with Gasteiger partial charge < -0.3 is 4.74 Å². The predicted molar refractivity (Wildman–Crippen MR) is 91.8 cm³/mol. The van der Waals surface area contributed by atoms with Gasteiger partial charge in [-0.15, -0.1) is 0 Å². The number of hydrogen-bond donors (Lipinski definition) is 0. The third kappa shape index (κ3) is 4.17. The topological polar surface area (TPSA) is 34.0 Å². The number of nitrogens with zero attached hydrogens (tertiary/aromatic N) is 2. The number of hydrogen-bond acceptors (Lipinski definition) is 3. The lowest BCUT2D eigenvalue weighted by molar-refractivity contribution is 0.313. The molecule has 0 aromatic heterocycles. The molecule has 2 aromatic carbocycles. The summed E-state index contributed by atoms with van der Waals surface area (Å²) in [6, 6.07) is 10.2. The van der Waals surface area contributed by atoms with Gasteiger partial charge in [0, 0.05) is 0 Å². The maximum absolute atomic E-state index is 5.79. The lowest BCUT2D eigenvalue weighted by Crippen LogP contribution is -1.98. The first-order valence-corrected chi connectivity index (χ1v) is 7.73. The zero-order chi connectivity index (χ0) is 16.1. The molecule has 0 amide bonds. The van der Waals surface area contributed by atoms with Crippen molar-refractivity contribution in [3.63, 3.8) is 0 Å². The van der Waals surface area contributed by atoms with Gasteiger partial charge in [-0.2, -0.15) is 10.2 Å². The summed E-state index contributed by atoms with van der Waals surface area (Å²) >= 11 is 0. The highest BCUT2D eigenvalue weighted by atomic mass is 16.5. The second-order valence-electron chi connectivity index (χ2n) is 5.80. The normalized spacial score (nSPS) is 11.1. The Morgan fingerprint density at radius 2 is 1.27 bits per heavy atom. The van der Waals surface area contributed by atoms with Crippen molar-refractivity contribution in [3.8, 4) is 5.75 Å². The van der Waals surface area contributed by atoms with Crippen LogP contribution < -0.4 is 4.74 Å². The molecule has 3 nitrogen and oxygen atoms in total. The van der Waals surface area contributed by atoms with Gasteiger partial charge in [0.2, 0.25) is 0 Å². The predicted octanol–water partition coefficient (Wildman–Crippen LogP) is 6.12. The summed E-state index contributed by atoms with van der Waals surface area (Å²) in [5.74, 6) is 0.965. The summed E-state index contributed by atoms with van der Waals surface area (Å²) < 4.78 is 5.79. The molecule has 3 heteroatoms. The lowest BCUT2D eigenvalue weighted by Gasteiger charge is -2.11. The van der Waals surface area contributed by atoms with Crippen LogP contribution in [-0.4, -0.2) is 6.61 Å².